The minimum atomic E-state index is -0.366. The van der Waals surface area contributed by atoms with Gasteiger partial charge in [-0.1, -0.05) is 257 Å². The van der Waals surface area contributed by atoms with E-state index in [1.165, 1.54) is 99.3 Å². The number of hydrogen-bond acceptors (Lipinski definition) is 2. The van der Waals surface area contributed by atoms with Crippen LogP contribution >= 0.6 is 0 Å². The second-order valence-electron chi connectivity index (χ2n) is 24.5. The molecule has 438 valence electrons. The van der Waals surface area contributed by atoms with Crippen molar-refractivity contribution in [2.24, 2.45) is 5.92 Å². The first-order chi connectivity index (χ1) is 44.9. The van der Waals surface area contributed by atoms with Gasteiger partial charge in [0, 0.05) is 38.9 Å². The lowest BCUT2D eigenvalue weighted by Crippen LogP contribution is -2.27. The van der Waals surface area contributed by atoms with Gasteiger partial charge < -0.3 is 14.2 Å². The van der Waals surface area contributed by atoms with Crippen LogP contribution in [-0.2, 0) is 5.41 Å². The van der Waals surface area contributed by atoms with E-state index in [9.17, 15) is 0 Å². The Labute approximate surface area is 534 Å². The maximum absolute atomic E-state index is 6.54. The van der Waals surface area contributed by atoms with Crippen molar-refractivity contribution in [1.29, 1.82) is 0 Å². The predicted molar refractivity (Wildman–Crippen MR) is 386 cm³/mol. The van der Waals surface area contributed by atoms with Gasteiger partial charge in [0.05, 0.1) is 17.6 Å². The predicted octanol–water partition coefficient (Wildman–Crippen LogP) is 24.0. The largest absolute Gasteiger partial charge is 0.493 e. The first-order valence-electron chi connectivity index (χ1n) is 32.0. The molecular formula is C88H70N2O. The molecule has 0 saturated carbocycles. The number of unbranched alkanes of at least 4 members (excludes halogenated alkanes) is 1. The van der Waals surface area contributed by atoms with Gasteiger partial charge in [-0.2, -0.15) is 0 Å². The van der Waals surface area contributed by atoms with Gasteiger partial charge in [-0.3, -0.25) is 0 Å². The Morgan fingerprint density at radius 2 is 0.879 bits per heavy atom. The molecule has 1 heterocycles. The quantitative estimate of drug-likeness (QED) is 0.0751. The molecule has 0 spiro atoms. The lowest BCUT2D eigenvalue weighted by molar-refractivity contribution is 0.248. The van der Waals surface area contributed by atoms with Gasteiger partial charge in [0.2, 0.25) is 0 Å². The summed E-state index contributed by atoms with van der Waals surface area (Å²) in [5.41, 5.74) is 24.8. The molecule has 3 nitrogen and oxygen atoms in total. The first kappa shape index (κ1) is 56.5. The van der Waals surface area contributed by atoms with Crippen LogP contribution in [0.5, 0.6) is 5.75 Å². The molecule has 0 radical (unpaired) electrons. The number of fused-ring (bicyclic) bond motifs is 7. The molecule has 1 aliphatic carbocycles. The highest BCUT2D eigenvalue weighted by Gasteiger charge is 2.44. The Morgan fingerprint density at radius 1 is 0.407 bits per heavy atom. The molecule has 1 aromatic heterocycles. The number of hydrogen-bond donors (Lipinski definition) is 0. The zero-order valence-corrected chi connectivity index (χ0v) is 51.4. The Bertz CT molecular complexity index is 4950. The van der Waals surface area contributed by atoms with E-state index in [0.29, 0.717) is 12.5 Å². The summed E-state index contributed by atoms with van der Waals surface area (Å²) in [7, 11) is 0. The van der Waals surface area contributed by atoms with Crippen molar-refractivity contribution in [1.82, 2.24) is 4.57 Å². The van der Waals surface area contributed by atoms with E-state index < -0.39 is 0 Å². The molecular weight excluding hydrogens is 1100 g/mol. The summed E-state index contributed by atoms with van der Waals surface area (Å²) in [6.45, 7) is 10.9. The Morgan fingerprint density at radius 3 is 1.49 bits per heavy atom. The summed E-state index contributed by atoms with van der Waals surface area (Å²) in [6, 6.07) is 112. The van der Waals surface area contributed by atoms with E-state index >= 15 is 0 Å². The summed E-state index contributed by atoms with van der Waals surface area (Å²) in [6.07, 6.45) is 7.97. The average molecular weight is 1170 g/mol. The van der Waals surface area contributed by atoms with Gasteiger partial charge in [0.25, 0.3) is 0 Å². The first-order valence-corrected chi connectivity index (χ1v) is 32.0. The molecule has 0 N–H and O–H groups in total. The van der Waals surface area contributed by atoms with Gasteiger partial charge in [-0.15, -0.1) is 0 Å². The van der Waals surface area contributed by atoms with Crippen molar-refractivity contribution in [2.75, 3.05) is 11.5 Å². The molecule has 0 amide bonds. The number of aromatic nitrogens is 1. The van der Waals surface area contributed by atoms with Gasteiger partial charge in [-0.05, 0) is 204 Å². The normalized spacial score (nSPS) is 13.6. The average Bonchev–Trinajstić information content (AvgIpc) is 1.58. The molecule has 1 aliphatic rings. The molecule has 13 aromatic carbocycles. The lowest BCUT2D eigenvalue weighted by Gasteiger charge is -2.34. The molecule has 3 heteroatoms. The molecule has 14 aromatic rings. The number of rotatable bonds is 19. The van der Waals surface area contributed by atoms with Crippen molar-refractivity contribution in [3.05, 3.63) is 344 Å². The Hall–Kier alpha value is -11.0. The highest BCUT2D eigenvalue weighted by atomic mass is 16.5. The van der Waals surface area contributed by atoms with Crippen LogP contribution < -0.4 is 9.64 Å². The maximum Gasteiger partial charge on any atom is 0.119 e. The smallest absolute Gasteiger partial charge is 0.119 e. The van der Waals surface area contributed by atoms with E-state index in [1.54, 1.807) is 0 Å². The van der Waals surface area contributed by atoms with Crippen LogP contribution in [-0.4, -0.2) is 11.2 Å². The van der Waals surface area contributed by atoms with Crippen LogP contribution in [0, 0.1) is 5.92 Å². The third-order valence-electron chi connectivity index (χ3n) is 18.9. The van der Waals surface area contributed by atoms with Crippen molar-refractivity contribution in [2.45, 2.75) is 38.0 Å². The van der Waals surface area contributed by atoms with Crippen molar-refractivity contribution in [3.8, 4) is 67.1 Å². The lowest BCUT2D eigenvalue weighted by atomic mass is 9.69. The Kier molecular flexibility index (Phi) is 15.2. The van der Waals surface area contributed by atoms with Gasteiger partial charge >= 0.3 is 0 Å². The maximum atomic E-state index is 6.54. The molecule has 0 bridgehead atoms. The summed E-state index contributed by atoms with van der Waals surface area (Å²) in [4.78, 5) is 2.45. The molecule has 0 aliphatic heterocycles. The number of nitrogens with zero attached hydrogens (tertiary/aromatic N) is 2. The summed E-state index contributed by atoms with van der Waals surface area (Å²) in [5.74, 6) is 1.30. The SMILES string of the molecule is C=Cc1ccc(-c2ccc3cc(OCC(C)CCCCC4(c5ccccc5)c5ccccc5-c5ccc(N(c6ccc(-c7ccccc7)cc6)c6ccc(-c7ccc8c(c7)c7cc(-c9ccc(C=C)cc9)ccc7n8-c7ccccc7)cc6)cc54)ccc3c2)cc1. The van der Waals surface area contributed by atoms with Crippen LogP contribution in [0.3, 0.4) is 0 Å². The zero-order valence-electron chi connectivity index (χ0n) is 51.4. The number of benzene rings is 13. The van der Waals surface area contributed by atoms with Crippen LogP contribution in [0.2, 0.25) is 0 Å². The van der Waals surface area contributed by atoms with E-state index in [4.69, 9.17) is 4.74 Å². The Balaban J connectivity index is 0.746. The minimum absolute atomic E-state index is 0.366. The minimum Gasteiger partial charge on any atom is -0.493 e. The molecule has 2 unspecified atom stereocenters. The summed E-state index contributed by atoms with van der Waals surface area (Å²) in [5, 5.41) is 4.82. The third kappa shape index (κ3) is 10.8. The van der Waals surface area contributed by atoms with Crippen molar-refractivity contribution in [3.63, 3.8) is 0 Å². The second kappa shape index (κ2) is 24.5. The van der Waals surface area contributed by atoms with Gasteiger partial charge in [-0.25, -0.2) is 0 Å². The van der Waals surface area contributed by atoms with E-state index in [2.05, 4.69) is 333 Å². The van der Waals surface area contributed by atoms with Crippen LogP contribution in [0.4, 0.5) is 17.1 Å². The molecule has 0 fully saturated rings. The summed E-state index contributed by atoms with van der Waals surface area (Å²) >= 11 is 0. The van der Waals surface area contributed by atoms with E-state index in [0.717, 1.165) is 70.9 Å². The van der Waals surface area contributed by atoms with E-state index in [-0.39, 0.29) is 5.41 Å². The van der Waals surface area contributed by atoms with E-state index in [1.807, 2.05) is 12.2 Å². The van der Waals surface area contributed by atoms with Gasteiger partial charge in [0.1, 0.15) is 5.75 Å². The van der Waals surface area contributed by atoms with Crippen LogP contribution in [0.1, 0.15) is 60.4 Å². The van der Waals surface area contributed by atoms with Crippen LogP contribution in [0.15, 0.2) is 316 Å². The fraction of sp³-hybridized carbons (Fsp3) is 0.0909. The topological polar surface area (TPSA) is 17.4 Å². The number of ether oxygens (including phenoxy) is 1. The van der Waals surface area contributed by atoms with Crippen molar-refractivity contribution >= 4 is 61.8 Å². The zero-order chi connectivity index (χ0) is 61.3. The molecule has 2 atom stereocenters. The fourth-order valence-corrected chi connectivity index (χ4v) is 14.2. The highest BCUT2D eigenvalue weighted by molar-refractivity contribution is 6.12. The number of anilines is 3. The standard InChI is InChI=1S/C88H70N2O/c1-4-62-28-32-66(33-29-62)69-36-37-71-56-79(50-42-70(71)55-69)91-60-61(3)19-17-18-54-88(74-22-11-7-12-23-74)84-27-16-15-26-80(84)81-51-49-78(59-85(81)88)89(76-45-38-65(39-46-76)64-20-9-6-10-21-64)77-47-40-68(41-48-77)73-44-53-87-83(58-73)82-57-72(67-34-30-63(5-2)31-35-67)43-52-86(82)90(87)75-24-13-8-14-25-75/h4-16,20-53,55-59,61H,1-2,17-19,54,60H2,3H3. The van der Waals surface area contributed by atoms with Gasteiger partial charge in [0.15, 0.2) is 0 Å². The highest BCUT2D eigenvalue weighted by Crippen LogP contribution is 2.57. The monoisotopic (exact) mass is 1170 g/mol. The van der Waals surface area contributed by atoms with Crippen molar-refractivity contribution < 1.29 is 4.74 Å². The fourth-order valence-electron chi connectivity index (χ4n) is 14.2. The molecule has 15 rings (SSSR count). The third-order valence-corrected chi connectivity index (χ3v) is 18.9. The second-order valence-corrected chi connectivity index (χ2v) is 24.5. The number of para-hydroxylation sites is 1. The molecule has 0 saturated heterocycles. The molecule has 91 heavy (non-hydrogen) atoms. The summed E-state index contributed by atoms with van der Waals surface area (Å²) < 4.78 is 8.94. The van der Waals surface area contributed by atoms with Crippen LogP contribution in [0.25, 0.3) is 106 Å².